The summed E-state index contributed by atoms with van der Waals surface area (Å²) in [5, 5.41) is 3.46. The Labute approximate surface area is 371 Å². The zero-order chi connectivity index (χ0) is 42.2. The van der Waals surface area contributed by atoms with Crippen molar-refractivity contribution in [2.24, 2.45) is 0 Å². The molecule has 1 spiro atoms. The molecule has 0 saturated heterocycles. The molecule has 5 nitrogen and oxygen atoms in total. The molecule has 2 aliphatic carbocycles. The van der Waals surface area contributed by atoms with E-state index in [9.17, 15) is 0 Å². The molecule has 1 atom stereocenters. The molecule has 300 valence electrons. The average Bonchev–Trinajstić information content (AvgIpc) is 3.66. The van der Waals surface area contributed by atoms with E-state index in [1.165, 1.54) is 55.8 Å². The van der Waals surface area contributed by atoms with Crippen LogP contribution in [0.2, 0.25) is 0 Å². The fourth-order valence-corrected chi connectivity index (χ4v) is 10.6. The SMILES string of the molecule is C1=CC2=C(CC1)N(c1ccccc1)c1ccccc1C21c2ccccc2-c2cc3c(-c4ccc(-c5nc(-c6ccccc6)nc(-c6ccccc6)n5)cc4)nc4ccccc4c3cc21. The van der Waals surface area contributed by atoms with Crippen LogP contribution in [0.3, 0.4) is 0 Å². The highest BCUT2D eigenvalue weighted by Crippen LogP contribution is 2.63. The first-order valence-corrected chi connectivity index (χ1v) is 22.0. The van der Waals surface area contributed by atoms with Crippen molar-refractivity contribution in [2.75, 3.05) is 4.90 Å². The fraction of sp³-hybridized carbons (Fsp3) is 0.0508. The van der Waals surface area contributed by atoms with E-state index in [0.717, 1.165) is 57.1 Å². The predicted molar refractivity (Wildman–Crippen MR) is 260 cm³/mol. The Hall–Kier alpha value is -8.28. The number of para-hydroxylation sites is 3. The number of fused-ring (bicyclic) bond motifs is 11. The second-order valence-electron chi connectivity index (χ2n) is 16.8. The van der Waals surface area contributed by atoms with Crippen LogP contribution >= 0.6 is 0 Å². The number of anilines is 2. The third-order valence-corrected chi connectivity index (χ3v) is 13.4. The number of rotatable bonds is 5. The largest absolute Gasteiger partial charge is 0.314 e. The molecular formula is C59H39N5. The van der Waals surface area contributed by atoms with Crippen LogP contribution in [0.25, 0.3) is 78.2 Å². The molecule has 0 fully saturated rings. The van der Waals surface area contributed by atoms with Crippen molar-refractivity contribution >= 4 is 33.1 Å². The highest BCUT2D eigenvalue weighted by molar-refractivity contribution is 6.14. The van der Waals surface area contributed by atoms with Gasteiger partial charge in [-0.2, -0.15) is 0 Å². The number of aromatic nitrogens is 4. The minimum absolute atomic E-state index is 0.512. The van der Waals surface area contributed by atoms with Gasteiger partial charge in [-0.05, 0) is 88.0 Å². The molecule has 1 aliphatic heterocycles. The summed E-state index contributed by atoms with van der Waals surface area (Å²) >= 11 is 0. The summed E-state index contributed by atoms with van der Waals surface area (Å²) in [6.07, 6.45) is 6.76. The van der Waals surface area contributed by atoms with E-state index in [1.807, 2.05) is 60.7 Å². The molecule has 1 unspecified atom stereocenters. The van der Waals surface area contributed by atoms with E-state index in [2.05, 4.69) is 157 Å². The first-order valence-electron chi connectivity index (χ1n) is 22.0. The van der Waals surface area contributed by atoms with Crippen molar-refractivity contribution in [3.63, 3.8) is 0 Å². The molecule has 2 aromatic heterocycles. The Bertz CT molecular complexity index is 3480. The van der Waals surface area contributed by atoms with E-state index in [1.54, 1.807) is 0 Å². The highest BCUT2D eigenvalue weighted by Gasteiger charge is 2.52. The van der Waals surface area contributed by atoms with Crippen molar-refractivity contribution in [3.8, 4) is 56.5 Å². The number of pyridine rings is 1. The lowest BCUT2D eigenvalue weighted by Gasteiger charge is -2.47. The van der Waals surface area contributed by atoms with Crippen LogP contribution in [-0.2, 0) is 5.41 Å². The standard InChI is InChI=1S/C59H39N5/c1-4-18-39(19-5-1)56-61-57(40-20-6-2-7-21-40)63-58(62-56)41-34-32-38(33-35-41)55-47-36-46-43-24-10-12-26-48(43)59(51(46)37-45(47)44-25-11-15-29-52(44)60-55)49-27-13-16-30-53(49)64(42-22-8-3-9-23-42)54-31-17-14-28-50(54)59/h1-16,18-30,32-37H,17,31H2. The quantitative estimate of drug-likeness (QED) is 0.162. The van der Waals surface area contributed by atoms with Crippen LogP contribution in [0.15, 0.2) is 224 Å². The molecule has 0 amide bonds. The van der Waals surface area contributed by atoms with Gasteiger partial charge in [0.25, 0.3) is 0 Å². The number of allylic oxidation sites excluding steroid dienone is 4. The van der Waals surface area contributed by atoms with Crippen LogP contribution in [0, 0.1) is 0 Å². The maximum absolute atomic E-state index is 5.45. The molecule has 0 N–H and O–H groups in total. The van der Waals surface area contributed by atoms with Gasteiger partial charge in [-0.25, -0.2) is 19.9 Å². The van der Waals surface area contributed by atoms with Gasteiger partial charge in [0.2, 0.25) is 0 Å². The van der Waals surface area contributed by atoms with Gasteiger partial charge in [-0.15, -0.1) is 0 Å². The molecule has 5 heteroatoms. The Morgan fingerprint density at radius 2 is 1.00 bits per heavy atom. The summed E-state index contributed by atoms with van der Waals surface area (Å²) in [4.78, 5) is 22.9. The number of benzene rings is 8. The molecule has 10 aromatic rings. The van der Waals surface area contributed by atoms with Gasteiger partial charge >= 0.3 is 0 Å². The van der Waals surface area contributed by atoms with Gasteiger partial charge < -0.3 is 4.90 Å². The molecular weight excluding hydrogens is 779 g/mol. The summed E-state index contributed by atoms with van der Waals surface area (Å²) in [7, 11) is 0. The minimum atomic E-state index is -0.512. The van der Waals surface area contributed by atoms with E-state index in [4.69, 9.17) is 19.9 Å². The van der Waals surface area contributed by atoms with Gasteiger partial charge in [0.05, 0.1) is 22.3 Å². The maximum Gasteiger partial charge on any atom is 0.164 e. The second kappa shape index (κ2) is 14.4. The summed E-state index contributed by atoms with van der Waals surface area (Å²) in [6, 6.07) is 71.4. The van der Waals surface area contributed by atoms with Crippen molar-refractivity contribution in [3.05, 3.63) is 240 Å². The first-order chi connectivity index (χ1) is 31.7. The molecule has 8 aromatic carbocycles. The topological polar surface area (TPSA) is 54.8 Å². The normalized spacial score (nSPS) is 15.9. The van der Waals surface area contributed by atoms with Crippen molar-refractivity contribution < 1.29 is 0 Å². The van der Waals surface area contributed by atoms with Gasteiger partial charge in [0, 0.05) is 44.4 Å². The maximum atomic E-state index is 5.45. The lowest BCUT2D eigenvalue weighted by molar-refractivity contribution is 0.703. The van der Waals surface area contributed by atoms with Crippen LogP contribution in [0.4, 0.5) is 11.4 Å². The average molecular weight is 818 g/mol. The molecule has 0 radical (unpaired) electrons. The Morgan fingerprint density at radius 3 is 1.72 bits per heavy atom. The number of hydrogen-bond acceptors (Lipinski definition) is 5. The molecule has 13 rings (SSSR count). The summed E-state index contributed by atoms with van der Waals surface area (Å²) in [5.41, 5.74) is 16.8. The third kappa shape index (κ3) is 5.44. The molecule has 3 heterocycles. The first kappa shape index (κ1) is 36.4. The van der Waals surface area contributed by atoms with Gasteiger partial charge in [-0.3, -0.25) is 0 Å². The Morgan fingerprint density at radius 1 is 0.422 bits per heavy atom. The molecule has 3 aliphatic rings. The Kier molecular flexibility index (Phi) is 8.19. The van der Waals surface area contributed by atoms with Crippen LogP contribution in [0.1, 0.15) is 29.5 Å². The Balaban J connectivity index is 1.02. The van der Waals surface area contributed by atoms with Crippen molar-refractivity contribution in [2.45, 2.75) is 18.3 Å². The summed E-state index contributed by atoms with van der Waals surface area (Å²) in [5.74, 6) is 1.91. The highest BCUT2D eigenvalue weighted by atomic mass is 15.2. The van der Waals surface area contributed by atoms with Crippen molar-refractivity contribution in [1.82, 2.24) is 19.9 Å². The minimum Gasteiger partial charge on any atom is -0.314 e. The fourth-order valence-electron chi connectivity index (χ4n) is 10.6. The lowest BCUT2D eigenvalue weighted by Crippen LogP contribution is -2.39. The van der Waals surface area contributed by atoms with Gasteiger partial charge in [0.15, 0.2) is 17.5 Å². The second-order valence-corrected chi connectivity index (χ2v) is 16.8. The van der Waals surface area contributed by atoms with Gasteiger partial charge in [-0.1, -0.05) is 176 Å². The predicted octanol–water partition coefficient (Wildman–Crippen LogP) is 14.3. The molecule has 0 saturated carbocycles. The number of nitrogens with zero attached hydrogens (tertiary/aromatic N) is 5. The summed E-state index contributed by atoms with van der Waals surface area (Å²) in [6.45, 7) is 0. The smallest absolute Gasteiger partial charge is 0.164 e. The van der Waals surface area contributed by atoms with Crippen LogP contribution < -0.4 is 4.90 Å². The molecule has 0 bridgehead atoms. The van der Waals surface area contributed by atoms with Crippen LogP contribution in [0.5, 0.6) is 0 Å². The lowest BCUT2D eigenvalue weighted by atomic mass is 9.63. The van der Waals surface area contributed by atoms with E-state index < -0.39 is 5.41 Å². The van der Waals surface area contributed by atoms with Crippen molar-refractivity contribution in [1.29, 1.82) is 0 Å². The number of hydrogen-bond donors (Lipinski definition) is 0. The molecule has 64 heavy (non-hydrogen) atoms. The third-order valence-electron chi connectivity index (χ3n) is 13.4. The summed E-state index contributed by atoms with van der Waals surface area (Å²) < 4.78 is 0. The van der Waals surface area contributed by atoms with E-state index in [-0.39, 0.29) is 0 Å². The zero-order valence-corrected chi connectivity index (χ0v) is 34.9. The van der Waals surface area contributed by atoms with Gasteiger partial charge in [0.1, 0.15) is 0 Å². The monoisotopic (exact) mass is 817 g/mol. The zero-order valence-electron chi connectivity index (χ0n) is 34.9. The van der Waals surface area contributed by atoms with E-state index in [0.29, 0.717) is 17.5 Å². The van der Waals surface area contributed by atoms with Crippen LogP contribution in [-0.4, -0.2) is 19.9 Å². The van der Waals surface area contributed by atoms with E-state index >= 15 is 0 Å².